The van der Waals surface area contributed by atoms with E-state index in [0.29, 0.717) is 16.6 Å². The second-order valence-corrected chi connectivity index (χ2v) is 6.21. The van der Waals surface area contributed by atoms with Gasteiger partial charge in [-0.15, -0.1) is 0 Å². The maximum absolute atomic E-state index is 13.9. The number of hydrogen-bond acceptors (Lipinski definition) is 5. The molecule has 2 N–H and O–H groups in total. The minimum Gasteiger partial charge on any atom is -0.478 e. The number of aromatic nitrogens is 3. The molecule has 4 rings (SSSR count). The molecule has 2 aromatic heterocycles. The number of pyridine rings is 1. The summed E-state index contributed by atoms with van der Waals surface area (Å²) in [7, 11) is 1.15. The lowest BCUT2D eigenvalue weighted by atomic mass is 10.0. The van der Waals surface area contributed by atoms with Gasteiger partial charge in [0.1, 0.15) is 5.82 Å². The first-order chi connectivity index (χ1) is 14.0. The molecular formula is C21H14FN3O4. The predicted octanol–water partition coefficient (Wildman–Crippen LogP) is 3.92. The average Bonchev–Trinajstić information content (AvgIpc) is 3.17. The first kappa shape index (κ1) is 18.3. The van der Waals surface area contributed by atoms with Crippen molar-refractivity contribution in [1.82, 2.24) is 15.2 Å². The van der Waals surface area contributed by atoms with E-state index >= 15 is 0 Å². The highest BCUT2D eigenvalue weighted by atomic mass is 19.1. The summed E-state index contributed by atoms with van der Waals surface area (Å²) >= 11 is 0. The van der Waals surface area contributed by atoms with E-state index in [0.717, 1.165) is 18.7 Å². The van der Waals surface area contributed by atoms with Crippen molar-refractivity contribution in [3.63, 3.8) is 0 Å². The zero-order valence-corrected chi connectivity index (χ0v) is 15.1. The molecule has 0 spiro atoms. The van der Waals surface area contributed by atoms with E-state index in [1.165, 1.54) is 18.2 Å². The number of nitrogens with zero attached hydrogens (tertiary/aromatic N) is 2. The van der Waals surface area contributed by atoms with Crippen molar-refractivity contribution in [3.05, 3.63) is 71.5 Å². The van der Waals surface area contributed by atoms with Crippen LogP contribution < -0.4 is 0 Å². The molecule has 0 amide bonds. The van der Waals surface area contributed by atoms with Crippen molar-refractivity contribution in [3.8, 4) is 22.5 Å². The maximum atomic E-state index is 13.9. The number of nitrogens with one attached hydrogen (secondary N) is 1. The molecule has 2 heterocycles. The fraction of sp³-hybridized carbons (Fsp3) is 0.0476. The molecule has 4 aromatic rings. The van der Waals surface area contributed by atoms with Crippen LogP contribution in [0.4, 0.5) is 4.39 Å². The molecule has 0 fully saturated rings. The summed E-state index contributed by atoms with van der Waals surface area (Å²) in [6.45, 7) is 0. The molecule has 8 heteroatoms. The van der Waals surface area contributed by atoms with E-state index in [1.807, 2.05) is 30.3 Å². The van der Waals surface area contributed by atoms with Gasteiger partial charge in [-0.05, 0) is 24.3 Å². The van der Waals surface area contributed by atoms with E-state index in [4.69, 9.17) is 0 Å². The zero-order valence-electron chi connectivity index (χ0n) is 15.1. The summed E-state index contributed by atoms with van der Waals surface area (Å²) in [6, 6.07) is 14.3. The number of carboxylic acid groups (broad SMARTS) is 1. The van der Waals surface area contributed by atoms with Gasteiger partial charge in [-0.2, -0.15) is 5.10 Å². The van der Waals surface area contributed by atoms with Gasteiger partial charge in [0.05, 0.1) is 35.0 Å². The summed E-state index contributed by atoms with van der Waals surface area (Å²) in [4.78, 5) is 28.1. The molecule has 0 radical (unpaired) electrons. The Morgan fingerprint density at radius 3 is 2.48 bits per heavy atom. The van der Waals surface area contributed by atoms with Gasteiger partial charge in [0.2, 0.25) is 0 Å². The number of halogens is 1. The smallest absolute Gasteiger partial charge is 0.340 e. The normalized spacial score (nSPS) is 10.8. The van der Waals surface area contributed by atoms with Crippen LogP contribution in [0.15, 0.2) is 54.6 Å². The van der Waals surface area contributed by atoms with E-state index < -0.39 is 17.8 Å². The Bertz CT molecular complexity index is 1250. The largest absolute Gasteiger partial charge is 0.478 e. The number of benzene rings is 2. The lowest BCUT2D eigenvalue weighted by Crippen LogP contribution is -2.05. The second-order valence-electron chi connectivity index (χ2n) is 6.21. The second kappa shape index (κ2) is 7.16. The number of carbonyl (C=O) groups excluding carboxylic acids is 1. The molecule has 0 aliphatic rings. The Morgan fingerprint density at radius 2 is 1.79 bits per heavy atom. The molecule has 0 aliphatic heterocycles. The Hall–Kier alpha value is -4.07. The average molecular weight is 391 g/mol. The first-order valence-electron chi connectivity index (χ1n) is 8.55. The van der Waals surface area contributed by atoms with Crippen LogP contribution in [0.3, 0.4) is 0 Å². The number of ether oxygens (including phenoxy) is 1. The van der Waals surface area contributed by atoms with Crippen LogP contribution in [0.25, 0.3) is 33.5 Å². The number of fused-ring (bicyclic) bond motifs is 1. The van der Waals surface area contributed by atoms with E-state index in [1.54, 1.807) is 0 Å². The van der Waals surface area contributed by atoms with Crippen LogP contribution in [-0.2, 0) is 4.74 Å². The number of rotatable bonds is 4. The Morgan fingerprint density at radius 1 is 1.03 bits per heavy atom. The van der Waals surface area contributed by atoms with E-state index in [2.05, 4.69) is 19.9 Å². The quantitative estimate of drug-likeness (QED) is 0.511. The SMILES string of the molecule is COC(=O)c1cc(-c2cc(C(=O)O)c3c(-c4ccccc4)[nH]nc3n2)ccc1F. The summed E-state index contributed by atoms with van der Waals surface area (Å²) in [5.41, 5.74) is 1.82. The number of carbonyl (C=O) groups is 2. The molecule has 29 heavy (non-hydrogen) atoms. The van der Waals surface area contributed by atoms with Crippen LogP contribution in [-0.4, -0.2) is 39.3 Å². The molecule has 0 aliphatic carbocycles. The molecule has 144 valence electrons. The van der Waals surface area contributed by atoms with Gasteiger partial charge in [0.15, 0.2) is 5.65 Å². The van der Waals surface area contributed by atoms with Gasteiger partial charge in [0.25, 0.3) is 0 Å². The molecule has 7 nitrogen and oxygen atoms in total. The minimum atomic E-state index is -1.16. The number of aromatic amines is 1. The number of esters is 1. The Labute approximate surface area is 163 Å². The molecule has 0 saturated carbocycles. The number of aromatic carboxylic acids is 1. The van der Waals surface area contributed by atoms with Crippen LogP contribution in [0, 0.1) is 5.82 Å². The monoisotopic (exact) mass is 391 g/mol. The molecule has 0 unspecified atom stereocenters. The highest BCUT2D eigenvalue weighted by Crippen LogP contribution is 2.31. The zero-order chi connectivity index (χ0) is 20.5. The van der Waals surface area contributed by atoms with Crippen molar-refractivity contribution in [2.75, 3.05) is 7.11 Å². The molecule has 0 atom stereocenters. The Kier molecular flexibility index (Phi) is 4.52. The maximum Gasteiger partial charge on any atom is 0.340 e. The van der Waals surface area contributed by atoms with Crippen LogP contribution in [0.5, 0.6) is 0 Å². The number of methoxy groups -OCH3 is 1. The third-order valence-corrected chi connectivity index (χ3v) is 4.48. The molecule has 2 aromatic carbocycles. The predicted molar refractivity (Wildman–Crippen MR) is 103 cm³/mol. The fourth-order valence-electron chi connectivity index (χ4n) is 3.10. The van der Waals surface area contributed by atoms with Crippen LogP contribution in [0.1, 0.15) is 20.7 Å². The van der Waals surface area contributed by atoms with Gasteiger partial charge in [-0.25, -0.2) is 19.0 Å². The van der Waals surface area contributed by atoms with Crippen LogP contribution in [0.2, 0.25) is 0 Å². The van der Waals surface area contributed by atoms with Gasteiger partial charge in [-0.1, -0.05) is 30.3 Å². The van der Waals surface area contributed by atoms with Gasteiger partial charge < -0.3 is 9.84 Å². The van der Waals surface area contributed by atoms with Crippen molar-refractivity contribution in [2.24, 2.45) is 0 Å². The number of hydrogen-bond donors (Lipinski definition) is 2. The number of H-pyrrole nitrogens is 1. The first-order valence-corrected chi connectivity index (χ1v) is 8.55. The van der Waals surface area contributed by atoms with E-state index in [-0.39, 0.29) is 22.5 Å². The third kappa shape index (κ3) is 3.20. The minimum absolute atomic E-state index is 0.0125. The van der Waals surface area contributed by atoms with Crippen molar-refractivity contribution in [2.45, 2.75) is 0 Å². The summed E-state index contributed by atoms with van der Waals surface area (Å²) < 4.78 is 18.5. The highest BCUT2D eigenvalue weighted by Gasteiger charge is 2.21. The lowest BCUT2D eigenvalue weighted by molar-refractivity contribution is 0.0594. The van der Waals surface area contributed by atoms with Crippen molar-refractivity contribution in [1.29, 1.82) is 0 Å². The highest BCUT2D eigenvalue weighted by molar-refractivity contribution is 6.08. The van der Waals surface area contributed by atoms with Gasteiger partial charge >= 0.3 is 11.9 Å². The summed E-state index contributed by atoms with van der Waals surface area (Å²) in [5.74, 6) is -2.74. The molecule has 0 bridgehead atoms. The lowest BCUT2D eigenvalue weighted by Gasteiger charge is -2.07. The number of carboxylic acids is 1. The van der Waals surface area contributed by atoms with Gasteiger partial charge in [-0.3, -0.25) is 5.10 Å². The summed E-state index contributed by atoms with van der Waals surface area (Å²) in [6.07, 6.45) is 0. The fourth-order valence-corrected chi connectivity index (χ4v) is 3.10. The summed E-state index contributed by atoms with van der Waals surface area (Å²) in [5, 5.41) is 17.1. The van der Waals surface area contributed by atoms with Crippen molar-refractivity contribution >= 4 is 23.0 Å². The topological polar surface area (TPSA) is 105 Å². The van der Waals surface area contributed by atoms with Crippen LogP contribution >= 0.6 is 0 Å². The Balaban J connectivity index is 1.93. The third-order valence-electron chi connectivity index (χ3n) is 4.48. The van der Waals surface area contributed by atoms with E-state index in [9.17, 15) is 19.1 Å². The standard InChI is InChI=1S/C21H14FN3O4/c1-29-21(28)13-9-12(7-8-15(13)22)16-10-14(20(26)27)17-18(24-25-19(17)23-16)11-5-3-2-4-6-11/h2-10H,1H3,(H,26,27)(H,23,24,25). The molecular weight excluding hydrogens is 377 g/mol. The molecule has 0 saturated heterocycles. The van der Waals surface area contributed by atoms with Crippen molar-refractivity contribution < 1.29 is 23.8 Å². The van der Waals surface area contributed by atoms with Gasteiger partial charge in [0, 0.05) is 11.1 Å².